The molecule has 1 saturated heterocycles. The lowest BCUT2D eigenvalue weighted by Gasteiger charge is -2.54. The fourth-order valence-electron chi connectivity index (χ4n) is 4.72. The summed E-state index contributed by atoms with van der Waals surface area (Å²) in [5, 5.41) is 0. The number of amides is 2. The van der Waals surface area contributed by atoms with E-state index in [-0.39, 0.29) is 35.3 Å². The molecule has 2 atom stereocenters. The molecule has 2 amide bonds. The van der Waals surface area contributed by atoms with Crippen LogP contribution >= 0.6 is 0 Å². The molecule has 4 rings (SSSR count). The lowest BCUT2D eigenvalue weighted by atomic mass is 9.48. The Kier molecular flexibility index (Phi) is 3.10. The molecule has 1 aliphatic heterocycles. The van der Waals surface area contributed by atoms with Crippen LogP contribution in [0.2, 0.25) is 0 Å². The Labute approximate surface area is 144 Å². The molecule has 3 heterocycles. The number of primary amides is 1. The number of pyridine rings is 1. The first-order valence-corrected chi connectivity index (χ1v) is 8.32. The summed E-state index contributed by atoms with van der Waals surface area (Å²) in [6, 6.07) is 5.20. The van der Waals surface area contributed by atoms with Gasteiger partial charge >= 0.3 is 0 Å². The number of hydrogen-bond donors (Lipinski definition) is 1. The van der Waals surface area contributed by atoms with Crippen molar-refractivity contribution in [1.29, 1.82) is 0 Å². The number of carbonyl (C=O) groups excluding carboxylic acids is 2. The smallest absolute Gasteiger partial charge is 0.270 e. The molecule has 2 N–H and O–H groups in total. The maximum atomic E-state index is 12.9. The lowest BCUT2D eigenvalue weighted by Crippen LogP contribution is -2.59. The van der Waals surface area contributed by atoms with Crippen molar-refractivity contribution in [2.24, 2.45) is 22.5 Å². The molecule has 1 saturated carbocycles. The van der Waals surface area contributed by atoms with Crippen molar-refractivity contribution < 1.29 is 9.59 Å². The van der Waals surface area contributed by atoms with Gasteiger partial charge in [-0.15, -0.1) is 0 Å². The Bertz CT molecular complexity index is 964. The van der Waals surface area contributed by atoms with Crippen LogP contribution in [0, 0.1) is 16.7 Å². The van der Waals surface area contributed by atoms with Crippen LogP contribution in [0.3, 0.4) is 0 Å². The van der Waals surface area contributed by atoms with Crippen LogP contribution < -0.4 is 11.3 Å². The minimum Gasteiger partial charge on any atom is -0.369 e. The SMILES string of the molecule is CC1(C)C[C@]2(C(N)=O)CN(C(=O)c3cnc4ccccn4c3=O)C[C@H]12. The summed E-state index contributed by atoms with van der Waals surface area (Å²) in [5.41, 5.74) is 5.04. The van der Waals surface area contributed by atoms with E-state index in [1.165, 1.54) is 10.6 Å². The fraction of sp³-hybridized carbons (Fsp3) is 0.444. The standard InChI is InChI=1S/C18H20N4O3/c1-17(2)9-18(16(19)25)10-21(8-12(17)18)14(23)11-7-20-13-5-3-4-6-22(13)15(11)24/h3-7,12H,8-10H2,1-2H3,(H2,19,25)/t12-,18+/m1/s1. The second-order valence-corrected chi connectivity index (χ2v) is 7.83. The fourth-order valence-corrected chi connectivity index (χ4v) is 4.72. The second kappa shape index (κ2) is 4.91. The third-order valence-electron chi connectivity index (χ3n) is 5.88. The Balaban J connectivity index is 1.70. The number of aromatic nitrogens is 2. The Hall–Kier alpha value is -2.70. The molecule has 1 aliphatic carbocycles. The minimum atomic E-state index is -0.667. The average molecular weight is 340 g/mol. The van der Waals surface area contributed by atoms with Crippen LogP contribution in [0.5, 0.6) is 0 Å². The normalized spacial score (nSPS) is 27.0. The van der Waals surface area contributed by atoms with Crippen LogP contribution in [-0.4, -0.2) is 39.2 Å². The third kappa shape index (κ3) is 2.04. The highest BCUT2D eigenvalue weighted by Crippen LogP contribution is 2.62. The summed E-state index contributed by atoms with van der Waals surface area (Å²) in [4.78, 5) is 43.4. The predicted molar refractivity (Wildman–Crippen MR) is 90.9 cm³/mol. The van der Waals surface area contributed by atoms with Crippen LogP contribution in [0.4, 0.5) is 0 Å². The summed E-state index contributed by atoms with van der Waals surface area (Å²) < 4.78 is 1.35. The summed E-state index contributed by atoms with van der Waals surface area (Å²) in [5.74, 6) is -0.723. The van der Waals surface area contributed by atoms with E-state index in [4.69, 9.17) is 5.73 Å². The third-order valence-corrected chi connectivity index (χ3v) is 5.88. The first-order chi connectivity index (χ1) is 11.8. The zero-order valence-electron chi connectivity index (χ0n) is 14.2. The van der Waals surface area contributed by atoms with Gasteiger partial charge in [0.15, 0.2) is 0 Å². The van der Waals surface area contributed by atoms with E-state index in [1.54, 1.807) is 29.3 Å². The van der Waals surface area contributed by atoms with Gasteiger partial charge in [0, 0.05) is 25.5 Å². The first-order valence-electron chi connectivity index (χ1n) is 8.32. The number of fused-ring (bicyclic) bond motifs is 2. The maximum absolute atomic E-state index is 12.9. The van der Waals surface area contributed by atoms with Crippen LogP contribution in [0.25, 0.3) is 5.65 Å². The molecule has 7 heteroatoms. The van der Waals surface area contributed by atoms with Crippen LogP contribution in [-0.2, 0) is 4.79 Å². The molecule has 0 bridgehead atoms. The number of likely N-dealkylation sites (tertiary alicyclic amines) is 1. The molecule has 0 aromatic carbocycles. The number of hydrogen-bond acceptors (Lipinski definition) is 4. The van der Waals surface area contributed by atoms with Gasteiger partial charge in [-0.2, -0.15) is 0 Å². The number of rotatable bonds is 2. The summed E-state index contributed by atoms with van der Waals surface area (Å²) in [7, 11) is 0. The van der Waals surface area contributed by atoms with Crippen molar-refractivity contribution in [3.63, 3.8) is 0 Å². The van der Waals surface area contributed by atoms with Gasteiger partial charge in [-0.1, -0.05) is 19.9 Å². The van der Waals surface area contributed by atoms with E-state index in [1.807, 2.05) is 0 Å². The maximum Gasteiger partial charge on any atom is 0.270 e. The zero-order valence-corrected chi connectivity index (χ0v) is 14.2. The van der Waals surface area contributed by atoms with E-state index in [9.17, 15) is 14.4 Å². The molecule has 7 nitrogen and oxygen atoms in total. The minimum absolute atomic E-state index is 0.0161. The van der Waals surface area contributed by atoms with E-state index in [0.717, 1.165) is 0 Å². The molecule has 2 aromatic heterocycles. The monoisotopic (exact) mass is 340 g/mol. The molecule has 0 radical (unpaired) electrons. The quantitative estimate of drug-likeness (QED) is 0.869. The molecule has 2 aliphatic rings. The highest BCUT2D eigenvalue weighted by Gasteiger charge is 2.66. The van der Waals surface area contributed by atoms with Gasteiger partial charge in [0.05, 0.1) is 5.41 Å². The van der Waals surface area contributed by atoms with Crippen molar-refractivity contribution in [1.82, 2.24) is 14.3 Å². The highest BCUT2D eigenvalue weighted by atomic mass is 16.2. The molecule has 2 fully saturated rings. The van der Waals surface area contributed by atoms with Gasteiger partial charge in [-0.05, 0) is 29.9 Å². The molecule has 2 aromatic rings. The van der Waals surface area contributed by atoms with E-state index >= 15 is 0 Å². The predicted octanol–water partition coefficient (Wildman–Crippen LogP) is 0.668. The van der Waals surface area contributed by atoms with Gasteiger partial charge in [-0.25, -0.2) is 4.98 Å². The summed E-state index contributed by atoms with van der Waals surface area (Å²) >= 11 is 0. The lowest BCUT2D eigenvalue weighted by molar-refractivity contribution is -0.148. The summed E-state index contributed by atoms with van der Waals surface area (Å²) in [6.07, 6.45) is 3.57. The van der Waals surface area contributed by atoms with Crippen molar-refractivity contribution in [3.8, 4) is 0 Å². The van der Waals surface area contributed by atoms with Gasteiger partial charge < -0.3 is 10.6 Å². The zero-order chi connectivity index (χ0) is 18.0. The topological polar surface area (TPSA) is 97.8 Å². The largest absolute Gasteiger partial charge is 0.369 e. The molecular weight excluding hydrogens is 320 g/mol. The Morgan fingerprint density at radius 3 is 2.72 bits per heavy atom. The highest BCUT2D eigenvalue weighted by molar-refractivity contribution is 5.95. The van der Waals surface area contributed by atoms with E-state index < -0.39 is 11.0 Å². The van der Waals surface area contributed by atoms with Crippen molar-refractivity contribution >= 4 is 17.5 Å². The van der Waals surface area contributed by atoms with Crippen molar-refractivity contribution in [3.05, 3.63) is 46.5 Å². The van der Waals surface area contributed by atoms with Crippen molar-refractivity contribution in [2.45, 2.75) is 20.3 Å². The Morgan fingerprint density at radius 1 is 1.32 bits per heavy atom. The molecular formula is C18H20N4O3. The molecule has 25 heavy (non-hydrogen) atoms. The molecule has 0 spiro atoms. The Morgan fingerprint density at radius 2 is 2.08 bits per heavy atom. The number of carbonyl (C=O) groups is 2. The van der Waals surface area contributed by atoms with Gasteiger partial charge in [0.25, 0.3) is 11.5 Å². The second-order valence-electron chi connectivity index (χ2n) is 7.83. The van der Waals surface area contributed by atoms with Crippen molar-refractivity contribution in [2.75, 3.05) is 13.1 Å². The van der Waals surface area contributed by atoms with Gasteiger partial charge in [0.1, 0.15) is 11.2 Å². The summed E-state index contributed by atoms with van der Waals surface area (Å²) in [6.45, 7) is 4.87. The first kappa shape index (κ1) is 15.8. The van der Waals surface area contributed by atoms with Crippen LogP contribution in [0.15, 0.2) is 35.4 Å². The van der Waals surface area contributed by atoms with Gasteiger partial charge in [0.2, 0.25) is 5.91 Å². The molecule has 130 valence electrons. The van der Waals surface area contributed by atoms with Gasteiger partial charge in [-0.3, -0.25) is 18.8 Å². The number of nitrogens with two attached hydrogens (primary N) is 1. The number of nitrogens with zero attached hydrogens (tertiary/aromatic N) is 3. The molecule has 0 unspecified atom stereocenters. The van der Waals surface area contributed by atoms with Crippen LogP contribution in [0.1, 0.15) is 30.6 Å². The van der Waals surface area contributed by atoms with E-state index in [2.05, 4.69) is 18.8 Å². The van der Waals surface area contributed by atoms with E-state index in [0.29, 0.717) is 18.6 Å². The average Bonchev–Trinajstić information content (AvgIpc) is 2.91.